The molecular formula is C8H10N4O3. The second kappa shape index (κ2) is 2.97. The minimum absolute atomic E-state index is 0.0926. The molecule has 7 nitrogen and oxygen atoms in total. The Bertz CT molecular complexity index is 463. The van der Waals surface area contributed by atoms with Gasteiger partial charge in [0.15, 0.2) is 5.82 Å². The van der Waals surface area contributed by atoms with E-state index in [1.165, 1.54) is 6.33 Å². The number of hydrogen-bond donors (Lipinski definition) is 4. The summed E-state index contributed by atoms with van der Waals surface area (Å²) in [5.41, 5.74) is 3.89. The molecule has 15 heavy (non-hydrogen) atoms. The van der Waals surface area contributed by atoms with Crippen LogP contribution in [-0.4, -0.2) is 26.6 Å². The first-order valence-corrected chi connectivity index (χ1v) is 4.40. The number of aromatic nitrogens is 2. The minimum Gasteiger partial charge on any atom is -0.480 e. The first-order valence-electron chi connectivity index (χ1n) is 4.40. The van der Waals surface area contributed by atoms with Crippen LogP contribution in [0.25, 0.3) is 0 Å². The van der Waals surface area contributed by atoms with Gasteiger partial charge in [0.05, 0.1) is 6.33 Å². The lowest BCUT2D eigenvalue weighted by molar-refractivity contribution is -0.138. The van der Waals surface area contributed by atoms with Crippen LogP contribution in [0.3, 0.4) is 0 Å². The molecule has 80 valence electrons. The summed E-state index contributed by atoms with van der Waals surface area (Å²) in [6.07, 6.45) is 2.20. The Morgan fingerprint density at radius 2 is 2.33 bits per heavy atom. The fraction of sp³-hybridized carbons (Fsp3) is 0.375. The highest BCUT2D eigenvalue weighted by molar-refractivity contribution is 5.87. The third-order valence-electron chi connectivity index (χ3n) is 2.41. The van der Waals surface area contributed by atoms with Gasteiger partial charge in [-0.1, -0.05) is 0 Å². The Labute approximate surface area is 84.3 Å². The van der Waals surface area contributed by atoms with Gasteiger partial charge in [-0.05, 0) is 12.8 Å². The Kier molecular flexibility index (Phi) is 1.88. The highest BCUT2D eigenvalue weighted by Crippen LogP contribution is 2.39. The smallest absolute Gasteiger partial charge is 0.329 e. The molecule has 7 heteroatoms. The molecule has 2 rings (SSSR count). The number of hydrogen-bond acceptors (Lipinski definition) is 5. The summed E-state index contributed by atoms with van der Waals surface area (Å²) in [5.74, 6) is -0.831. The number of H-pyrrole nitrogens is 1. The van der Waals surface area contributed by atoms with Gasteiger partial charge in [-0.25, -0.2) is 9.78 Å². The van der Waals surface area contributed by atoms with Crippen molar-refractivity contribution in [2.24, 2.45) is 0 Å². The standard InChI is InChI=1S/C8H10N4O3/c9-4-5(10-3-11-6(4)13)12-8(1-2-8)7(14)15/h3H,1-2,9H2,(H,14,15)(H2,10,11,12,13). The molecule has 0 amide bonds. The van der Waals surface area contributed by atoms with Gasteiger partial charge in [0, 0.05) is 0 Å². The summed E-state index contributed by atoms with van der Waals surface area (Å²) < 4.78 is 0. The molecule has 1 aromatic rings. The van der Waals surface area contributed by atoms with Crippen LogP contribution in [0, 0.1) is 0 Å². The number of nitrogens with one attached hydrogen (secondary N) is 2. The summed E-state index contributed by atoms with van der Waals surface area (Å²) >= 11 is 0. The van der Waals surface area contributed by atoms with Gasteiger partial charge in [-0.15, -0.1) is 0 Å². The van der Waals surface area contributed by atoms with Gasteiger partial charge in [-0.3, -0.25) is 4.79 Å². The zero-order valence-corrected chi connectivity index (χ0v) is 7.78. The molecule has 1 saturated carbocycles. The molecule has 0 spiro atoms. The quantitative estimate of drug-likeness (QED) is 0.527. The lowest BCUT2D eigenvalue weighted by Gasteiger charge is -2.13. The number of anilines is 2. The number of carboxylic acid groups (broad SMARTS) is 1. The topological polar surface area (TPSA) is 121 Å². The molecular weight excluding hydrogens is 200 g/mol. The number of nitrogen functional groups attached to an aromatic ring is 1. The summed E-state index contributed by atoms with van der Waals surface area (Å²) in [4.78, 5) is 28.1. The summed E-state index contributed by atoms with van der Waals surface area (Å²) in [5, 5.41) is 11.6. The normalized spacial score (nSPS) is 17.1. The van der Waals surface area contributed by atoms with Crippen LogP contribution in [0.1, 0.15) is 12.8 Å². The van der Waals surface area contributed by atoms with Gasteiger partial charge in [0.1, 0.15) is 11.2 Å². The van der Waals surface area contributed by atoms with E-state index in [1.807, 2.05) is 0 Å². The molecule has 1 aliphatic carbocycles. The van der Waals surface area contributed by atoms with E-state index in [4.69, 9.17) is 10.8 Å². The fourth-order valence-electron chi connectivity index (χ4n) is 1.25. The Hall–Kier alpha value is -2.05. The third-order valence-corrected chi connectivity index (χ3v) is 2.41. The van der Waals surface area contributed by atoms with Crippen LogP contribution in [0.4, 0.5) is 11.5 Å². The maximum atomic E-state index is 11.1. The van der Waals surface area contributed by atoms with Crippen molar-refractivity contribution in [1.82, 2.24) is 9.97 Å². The predicted molar refractivity (Wildman–Crippen MR) is 52.5 cm³/mol. The van der Waals surface area contributed by atoms with E-state index < -0.39 is 17.1 Å². The first kappa shape index (κ1) is 9.50. The fourth-order valence-corrected chi connectivity index (χ4v) is 1.25. The van der Waals surface area contributed by atoms with Crippen molar-refractivity contribution in [3.63, 3.8) is 0 Å². The van der Waals surface area contributed by atoms with E-state index >= 15 is 0 Å². The van der Waals surface area contributed by atoms with E-state index in [0.29, 0.717) is 12.8 Å². The van der Waals surface area contributed by atoms with Gasteiger partial charge in [0.25, 0.3) is 5.56 Å². The van der Waals surface area contributed by atoms with Crippen LogP contribution >= 0.6 is 0 Å². The molecule has 1 heterocycles. The van der Waals surface area contributed by atoms with Crippen molar-refractivity contribution < 1.29 is 9.90 Å². The number of nitrogens with two attached hydrogens (primary N) is 1. The van der Waals surface area contributed by atoms with E-state index in [1.54, 1.807) is 0 Å². The molecule has 0 atom stereocenters. The number of carboxylic acids is 1. The molecule has 0 saturated heterocycles. The van der Waals surface area contributed by atoms with Gasteiger partial charge >= 0.3 is 5.97 Å². The summed E-state index contributed by atoms with van der Waals surface area (Å²) in [6, 6.07) is 0. The molecule has 0 aromatic carbocycles. The lowest BCUT2D eigenvalue weighted by Crippen LogP contribution is -2.33. The summed E-state index contributed by atoms with van der Waals surface area (Å²) in [7, 11) is 0. The van der Waals surface area contributed by atoms with Crippen LogP contribution in [0.15, 0.2) is 11.1 Å². The maximum Gasteiger partial charge on any atom is 0.329 e. The van der Waals surface area contributed by atoms with E-state index in [9.17, 15) is 9.59 Å². The van der Waals surface area contributed by atoms with Gasteiger partial charge < -0.3 is 21.1 Å². The van der Waals surface area contributed by atoms with Crippen LogP contribution < -0.4 is 16.6 Å². The number of aliphatic carboxylic acids is 1. The lowest BCUT2D eigenvalue weighted by atomic mass is 10.2. The van der Waals surface area contributed by atoms with Crippen molar-refractivity contribution in [2.75, 3.05) is 11.1 Å². The van der Waals surface area contributed by atoms with Crippen LogP contribution in [0.2, 0.25) is 0 Å². The van der Waals surface area contributed by atoms with Gasteiger partial charge in [0.2, 0.25) is 0 Å². The van der Waals surface area contributed by atoms with Crippen molar-refractivity contribution in [1.29, 1.82) is 0 Å². The molecule has 0 unspecified atom stereocenters. The maximum absolute atomic E-state index is 11.1. The highest BCUT2D eigenvalue weighted by Gasteiger charge is 2.51. The molecule has 5 N–H and O–H groups in total. The second-order valence-corrected chi connectivity index (χ2v) is 3.51. The first-order chi connectivity index (χ1) is 7.05. The molecule has 0 bridgehead atoms. The largest absolute Gasteiger partial charge is 0.480 e. The number of carbonyl (C=O) groups is 1. The Balaban J connectivity index is 2.29. The number of rotatable bonds is 3. The van der Waals surface area contributed by atoms with Crippen LogP contribution in [0.5, 0.6) is 0 Å². The summed E-state index contributed by atoms with van der Waals surface area (Å²) in [6.45, 7) is 0. The van der Waals surface area contributed by atoms with Crippen LogP contribution in [-0.2, 0) is 4.79 Å². The van der Waals surface area contributed by atoms with Crippen molar-refractivity contribution >= 4 is 17.5 Å². The molecule has 1 aliphatic rings. The van der Waals surface area contributed by atoms with Crippen molar-refractivity contribution in [2.45, 2.75) is 18.4 Å². The van der Waals surface area contributed by atoms with E-state index in [2.05, 4.69) is 15.3 Å². The zero-order valence-electron chi connectivity index (χ0n) is 7.78. The second-order valence-electron chi connectivity index (χ2n) is 3.51. The SMILES string of the molecule is Nc1c(NC2(C(=O)O)CC2)nc[nH]c1=O. The average molecular weight is 210 g/mol. The predicted octanol–water partition coefficient (Wildman–Crippen LogP) is -0.619. The average Bonchev–Trinajstić information content (AvgIpc) is 2.94. The molecule has 1 fully saturated rings. The highest BCUT2D eigenvalue weighted by atomic mass is 16.4. The Morgan fingerprint density at radius 3 is 2.87 bits per heavy atom. The zero-order chi connectivity index (χ0) is 11.1. The minimum atomic E-state index is -0.991. The van der Waals surface area contributed by atoms with Gasteiger partial charge in [-0.2, -0.15) is 0 Å². The third kappa shape index (κ3) is 1.51. The number of aromatic amines is 1. The Morgan fingerprint density at radius 1 is 1.67 bits per heavy atom. The van der Waals surface area contributed by atoms with Crippen molar-refractivity contribution in [3.05, 3.63) is 16.7 Å². The molecule has 0 radical (unpaired) electrons. The monoisotopic (exact) mass is 210 g/mol. The van der Waals surface area contributed by atoms with E-state index in [0.717, 1.165) is 0 Å². The molecule has 1 aromatic heterocycles. The van der Waals surface area contributed by atoms with Crippen molar-refractivity contribution in [3.8, 4) is 0 Å². The number of nitrogens with zero attached hydrogens (tertiary/aromatic N) is 1. The van der Waals surface area contributed by atoms with E-state index in [-0.39, 0.29) is 11.5 Å². The molecule has 0 aliphatic heterocycles.